The highest BCUT2D eigenvalue weighted by molar-refractivity contribution is 5.94. The first-order chi connectivity index (χ1) is 7.16. The Morgan fingerprint density at radius 2 is 1.81 bits per heavy atom. The molecule has 1 aromatic rings. The third-order valence-corrected chi connectivity index (χ3v) is 1.16. The molecule has 0 spiro atoms. The molecule has 0 atom stereocenters. The van der Waals surface area contributed by atoms with Crippen molar-refractivity contribution in [2.75, 3.05) is 5.73 Å². The normalized spacial score (nSPS) is 10.2. The molecule has 1 amide bonds. The van der Waals surface area contributed by atoms with Crippen molar-refractivity contribution in [3.05, 3.63) is 18.1 Å². The fourth-order valence-corrected chi connectivity index (χ4v) is 0.519. The van der Waals surface area contributed by atoms with Gasteiger partial charge in [0.25, 0.3) is 5.91 Å². The number of halogens is 3. The van der Waals surface area contributed by atoms with Crippen LogP contribution in [-0.2, 0) is 4.79 Å². The number of carbonyl (C=O) groups is 2. The van der Waals surface area contributed by atoms with Gasteiger partial charge in [0.05, 0.1) is 12.0 Å². The minimum absolute atomic E-state index is 0.0231. The summed E-state index contributed by atoms with van der Waals surface area (Å²) in [5.41, 5.74) is 10.4. The zero-order valence-corrected chi connectivity index (χ0v) is 7.62. The van der Waals surface area contributed by atoms with Gasteiger partial charge >= 0.3 is 12.1 Å². The minimum Gasteiger partial charge on any atom is -0.475 e. The van der Waals surface area contributed by atoms with Gasteiger partial charge in [-0.3, -0.25) is 4.79 Å². The summed E-state index contributed by atoms with van der Waals surface area (Å²) in [6, 6.07) is 1.47. The van der Waals surface area contributed by atoms with Crippen LogP contribution in [0.5, 0.6) is 0 Å². The maximum Gasteiger partial charge on any atom is 0.490 e. The van der Waals surface area contributed by atoms with Crippen LogP contribution in [0.15, 0.2) is 16.7 Å². The van der Waals surface area contributed by atoms with E-state index in [1.807, 2.05) is 0 Å². The van der Waals surface area contributed by atoms with E-state index < -0.39 is 18.1 Å². The van der Waals surface area contributed by atoms with Gasteiger partial charge in [-0.05, 0) is 0 Å². The molecule has 90 valence electrons. The van der Waals surface area contributed by atoms with E-state index in [1.54, 1.807) is 0 Å². The Bertz CT molecular complexity index is 385. The Morgan fingerprint density at radius 3 is 1.94 bits per heavy atom. The summed E-state index contributed by atoms with van der Waals surface area (Å²) < 4.78 is 36.4. The van der Waals surface area contributed by atoms with E-state index in [1.165, 1.54) is 12.3 Å². The highest BCUT2D eigenvalue weighted by Crippen LogP contribution is 2.13. The van der Waals surface area contributed by atoms with Gasteiger partial charge in [-0.25, -0.2) is 4.79 Å². The maximum absolute atomic E-state index is 10.6. The summed E-state index contributed by atoms with van der Waals surface area (Å²) in [6.07, 6.45) is -3.77. The van der Waals surface area contributed by atoms with Gasteiger partial charge in [0.15, 0.2) is 0 Å². The Morgan fingerprint density at radius 1 is 1.38 bits per heavy atom. The first-order valence-electron chi connectivity index (χ1n) is 3.59. The second-order valence-electron chi connectivity index (χ2n) is 2.37. The Kier molecular flexibility index (Phi) is 4.36. The van der Waals surface area contributed by atoms with Gasteiger partial charge in [0, 0.05) is 6.07 Å². The summed E-state index contributed by atoms with van der Waals surface area (Å²) in [4.78, 5) is 19.2. The van der Waals surface area contributed by atoms with Crippen molar-refractivity contribution >= 4 is 17.6 Å². The van der Waals surface area contributed by atoms with E-state index in [0.29, 0.717) is 0 Å². The molecule has 0 saturated carbocycles. The van der Waals surface area contributed by atoms with E-state index in [-0.39, 0.29) is 11.4 Å². The average molecular weight is 240 g/mol. The number of carbonyl (C=O) groups excluding carboxylic acids is 1. The van der Waals surface area contributed by atoms with Crippen molar-refractivity contribution in [3.8, 4) is 0 Å². The summed E-state index contributed by atoms with van der Waals surface area (Å²) >= 11 is 0. The second kappa shape index (κ2) is 5.05. The number of alkyl halides is 3. The molecule has 0 unspecified atom stereocenters. The second-order valence-corrected chi connectivity index (χ2v) is 2.37. The Hall–Kier alpha value is -2.19. The maximum atomic E-state index is 10.6. The van der Waals surface area contributed by atoms with Gasteiger partial charge in [-0.2, -0.15) is 13.2 Å². The highest BCUT2D eigenvalue weighted by atomic mass is 19.4. The summed E-state index contributed by atoms with van der Waals surface area (Å²) in [5.74, 6) is -3.37. The number of nitrogens with two attached hydrogens (primary N) is 2. The van der Waals surface area contributed by atoms with Crippen LogP contribution in [0.25, 0.3) is 0 Å². The molecule has 16 heavy (non-hydrogen) atoms. The van der Waals surface area contributed by atoms with Crippen LogP contribution in [0.1, 0.15) is 10.6 Å². The summed E-state index contributed by atoms with van der Waals surface area (Å²) in [5, 5.41) is 7.12. The zero-order valence-electron chi connectivity index (χ0n) is 7.62. The number of carboxylic acid groups (broad SMARTS) is 1. The predicted molar refractivity (Wildman–Crippen MR) is 45.3 cm³/mol. The van der Waals surface area contributed by atoms with Crippen LogP contribution < -0.4 is 11.5 Å². The van der Waals surface area contributed by atoms with Crippen LogP contribution in [-0.4, -0.2) is 23.2 Å². The lowest BCUT2D eigenvalue weighted by Crippen LogP contribution is -2.21. The molecule has 6 nitrogen and oxygen atoms in total. The summed E-state index contributed by atoms with van der Waals surface area (Å²) in [7, 11) is 0. The monoisotopic (exact) mass is 240 g/mol. The van der Waals surface area contributed by atoms with Crippen molar-refractivity contribution in [2.45, 2.75) is 6.18 Å². The molecule has 1 heterocycles. The van der Waals surface area contributed by atoms with Crippen molar-refractivity contribution in [1.29, 1.82) is 0 Å². The Balaban J connectivity index is 0.000000293. The molecule has 0 fully saturated rings. The number of anilines is 1. The predicted octanol–water partition coefficient (Wildman–Crippen LogP) is 0.594. The zero-order chi connectivity index (χ0) is 12.9. The van der Waals surface area contributed by atoms with Crippen LogP contribution >= 0.6 is 0 Å². The number of nitrogen functional groups attached to an aromatic ring is 1. The molecular weight excluding hydrogens is 233 g/mol. The fraction of sp³-hybridized carbons (Fsp3) is 0.143. The lowest BCUT2D eigenvalue weighted by atomic mass is 10.4. The third-order valence-electron chi connectivity index (χ3n) is 1.16. The first kappa shape index (κ1) is 13.8. The molecule has 0 aromatic carbocycles. The van der Waals surface area contributed by atoms with Gasteiger partial charge < -0.3 is 21.0 Å². The molecule has 0 saturated heterocycles. The van der Waals surface area contributed by atoms with Crippen molar-refractivity contribution in [1.82, 2.24) is 0 Å². The van der Waals surface area contributed by atoms with E-state index in [0.717, 1.165) is 0 Å². The lowest BCUT2D eigenvalue weighted by Gasteiger charge is -1.93. The Labute approximate surface area is 86.6 Å². The smallest absolute Gasteiger partial charge is 0.475 e. The van der Waals surface area contributed by atoms with Gasteiger partial charge in [-0.1, -0.05) is 0 Å². The molecule has 5 N–H and O–H groups in total. The summed E-state index contributed by atoms with van der Waals surface area (Å²) in [6.45, 7) is 0. The highest BCUT2D eigenvalue weighted by Gasteiger charge is 2.38. The fourth-order valence-electron chi connectivity index (χ4n) is 0.519. The molecule has 1 rings (SSSR count). The van der Waals surface area contributed by atoms with Gasteiger partial charge in [0.1, 0.15) is 0 Å². The van der Waals surface area contributed by atoms with E-state index in [2.05, 4.69) is 4.42 Å². The minimum atomic E-state index is -5.08. The van der Waals surface area contributed by atoms with Gasteiger partial charge in [0.2, 0.25) is 5.76 Å². The van der Waals surface area contributed by atoms with Crippen molar-refractivity contribution in [3.63, 3.8) is 0 Å². The van der Waals surface area contributed by atoms with Crippen LogP contribution in [0.3, 0.4) is 0 Å². The topological polar surface area (TPSA) is 120 Å². The van der Waals surface area contributed by atoms with E-state index >= 15 is 0 Å². The SMILES string of the molecule is NC(=O)c1occc1N.O=C(O)C(F)(F)F. The number of hydrogen-bond acceptors (Lipinski definition) is 4. The number of primary amides is 1. The van der Waals surface area contributed by atoms with Crippen LogP contribution in [0.4, 0.5) is 18.9 Å². The van der Waals surface area contributed by atoms with E-state index in [4.69, 9.17) is 21.4 Å². The number of rotatable bonds is 1. The number of carboxylic acids is 1. The quantitative estimate of drug-likeness (QED) is 0.663. The molecule has 0 aliphatic heterocycles. The molecular formula is C7H7F3N2O4. The number of hydrogen-bond donors (Lipinski definition) is 3. The molecule has 1 aromatic heterocycles. The first-order valence-corrected chi connectivity index (χ1v) is 3.59. The number of amides is 1. The molecule has 0 aliphatic rings. The number of aliphatic carboxylic acids is 1. The lowest BCUT2D eigenvalue weighted by molar-refractivity contribution is -0.192. The van der Waals surface area contributed by atoms with Crippen molar-refractivity contribution < 1.29 is 32.3 Å². The molecule has 0 radical (unpaired) electrons. The molecule has 9 heteroatoms. The number of furan rings is 1. The van der Waals surface area contributed by atoms with Crippen LogP contribution in [0.2, 0.25) is 0 Å². The van der Waals surface area contributed by atoms with Crippen LogP contribution in [0, 0.1) is 0 Å². The largest absolute Gasteiger partial charge is 0.490 e. The van der Waals surface area contributed by atoms with E-state index in [9.17, 15) is 18.0 Å². The van der Waals surface area contributed by atoms with Gasteiger partial charge in [-0.15, -0.1) is 0 Å². The molecule has 0 bridgehead atoms. The third kappa shape index (κ3) is 4.35. The molecule has 0 aliphatic carbocycles. The standard InChI is InChI=1S/C5H6N2O2.C2HF3O2/c6-3-1-2-9-4(3)5(7)8;3-2(4,5)1(6)7/h1-2H,6H2,(H2,7,8);(H,6,7). The van der Waals surface area contributed by atoms with Crippen molar-refractivity contribution in [2.24, 2.45) is 5.73 Å². The average Bonchev–Trinajstić information content (AvgIpc) is 2.50.